The van der Waals surface area contributed by atoms with Crippen molar-refractivity contribution in [1.29, 1.82) is 5.26 Å². The lowest BCUT2D eigenvalue weighted by molar-refractivity contribution is -0.122. The summed E-state index contributed by atoms with van der Waals surface area (Å²) in [5.41, 5.74) is 2.79. The lowest BCUT2D eigenvalue weighted by Crippen LogP contribution is -2.30. The first-order chi connectivity index (χ1) is 13.5. The van der Waals surface area contributed by atoms with Gasteiger partial charge in [0.2, 0.25) is 5.13 Å². The third kappa shape index (κ3) is 5.55. The second-order valence-electron chi connectivity index (χ2n) is 6.04. The summed E-state index contributed by atoms with van der Waals surface area (Å²) in [4.78, 5) is 12.3. The number of benzene rings is 2. The number of amides is 1. The fraction of sp³-hybridized carbons (Fsp3) is 0.200. The third-order valence-electron chi connectivity index (χ3n) is 3.75. The summed E-state index contributed by atoms with van der Waals surface area (Å²) in [6.45, 7) is 3.66. The lowest BCUT2D eigenvalue weighted by atomic mass is 10.2. The van der Waals surface area contributed by atoms with E-state index in [4.69, 9.17) is 10.00 Å². The largest absolute Gasteiger partial charge is 0.481 e. The van der Waals surface area contributed by atoms with Crippen LogP contribution >= 0.6 is 23.1 Å². The molecule has 2 aromatic carbocycles. The Morgan fingerprint density at radius 1 is 1.29 bits per heavy atom. The van der Waals surface area contributed by atoms with Gasteiger partial charge in [-0.2, -0.15) is 5.26 Å². The highest BCUT2D eigenvalue weighted by Crippen LogP contribution is 2.28. The number of nitriles is 1. The van der Waals surface area contributed by atoms with Gasteiger partial charge in [0.15, 0.2) is 10.4 Å². The van der Waals surface area contributed by atoms with E-state index in [9.17, 15) is 4.79 Å². The van der Waals surface area contributed by atoms with Crippen LogP contribution in [0.25, 0.3) is 0 Å². The van der Waals surface area contributed by atoms with Crippen molar-refractivity contribution in [2.75, 3.05) is 5.32 Å². The maximum Gasteiger partial charge on any atom is 0.266 e. The maximum absolute atomic E-state index is 12.3. The molecule has 3 rings (SSSR count). The first kappa shape index (κ1) is 19.9. The lowest BCUT2D eigenvalue weighted by Gasteiger charge is -2.13. The summed E-state index contributed by atoms with van der Waals surface area (Å²) >= 11 is 2.84. The van der Waals surface area contributed by atoms with Gasteiger partial charge in [0, 0.05) is 5.75 Å². The Hall–Kier alpha value is -2.89. The Morgan fingerprint density at radius 2 is 2.07 bits per heavy atom. The number of carbonyl (C=O) groups excluding carboxylic acids is 1. The molecule has 1 heterocycles. The predicted octanol–water partition coefficient (Wildman–Crippen LogP) is 4.42. The van der Waals surface area contributed by atoms with Crippen molar-refractivity contribution in [2.24, 2.45) is 0 Å². The van der Waals surface area contributed by atoms with E-state index in [1.54, 1.807) is 19.1 Å². The van der Waals surface area contributed by atoms with E-state index in [1.165, 1.54) is 23.1 Å². The first-order valence-electron chi connectivity index (χ1n) is 8.53. The van der Waals surface area contributed by atoms with Crippen molar-refractivity contribution in [3.63, 3.8) is 0 Å². The van der Waals surface area contributed by atoms with Gasteiger partial charge in [-0.05, 0) is 49.2 Å². The number of aromatic nitrogens is 2. The zero-order chi connectivity index (χ0) is 19.9. The number of aryl methyl sites for hydroxylation is 1. The summed E-state index contributed by atoms with van der Waals surface area (Å²) in [5.74, 6) is 1.08. The molecule has 1 N–H and O–H groups in total. The molecule has 28 heavy (non-hydrogen) atoms. The molecule has 0 saturated carbocycles. The van der Waals surface area contributed by atoms with Gasteiger partial charge in [0.25, 0.3) is 5.91 Å². The molecule has 3 aromatic rings. The van der Waals surface area contributed by atoms with Crippen LogP contribution in [0, 0.1) is 18.3 Å². The van der Waals surface area contributed by atoms with E-state index in [0.717, 1.165) is 15.5 Å². The van der Waals surface area contributed by atoms with Gasteiger partial charge in [0.05, 0.1) is 11.6 Å². The fourth-order valence-corrected chi connectivity index (χ4v) is 4.00. The number of hydrogen-bond acceptors (Lipinski definition) is 7. The predicted molar refractivity (Wildman–Crippen MR) is 111 cm³/mol. The number of hydrogen-bond donors (Lipinski definition) is 1. The molecule has 0 aliphatic heterocycles. The Kier molecular flexibility index (Phi) is 6.63. The highest BCUT2D eigenvalue weighted by Gasteiger charge is 2.17. The standard InChI is InChI=1S/C20H18N4O2S2/c1-13-4-3-5-17(10-13)26-14(2)18(25)22-19-23-24-20(28-19)27-12-16-8-6-15(11-21)7-9-16/h3-10,14H,12H2,1-2H3,(H,22,23,25)/t14-/m1/s1. The number of nitrogens with one attached hydrogen (secondary N) is 1. The molecule has 0 aliphatic rings. The molecule has 0 aliphatic carbocycles. The molecule has 6 nitrogen and oxygen atoms in total. The number of nitrogens with zero attached hydrogens (tertiary/aromatic N) is 3. The second-order valence-corrected chi connectivity index (χ2v) is 8.24. The average Bonchev–Trinajstić information content (AvgIpc) is 3.14. The summed E-state index contributed by atoms with van der Waals surface area (Å²) in [6, 6.07) is 17.1. The highest BCUT2D eigenvalue weighted by molar-refractivity contribution is 8.00. The van der Waals surface area contributed by atoms with Crippen LogP contribution in [0.3, 0.4) is 0 Å². The van der Waals surface area contributed by atoms with Crippen LogP contribution in [-0.2, 0) is 10.5 Å². The van der Waals surface area contributed by atoms with Gasteiger partial charge >= 0.3 is 0 Å². The van der Waals surface area contributed by atoms with Crippen molar-refractivity contribution >= 4 is 34.1 Å². The smallest absolute Gasteiger partial charge is 0.266 e. The topological polar surface area (TPSA) is 87.9 Å². The molecule has 142 valence electrons. The summed E-state index contributed by atoms with van der Waals surface area (Å²) in [5, 5.41) is 20.1. The van der Waals surface area contributed by atoms with E-state index in [1.807, 2.05) is 43.3 Å². The van der Waals surface area contributed by atoms with Gasteiger partial charge in [-0.3, -0.25) is 10.1 Å². The Labute approximate surface area is 171 Å². The average molecular weight is 411 g/mol. The van der Waals surface area contributed by atoms with Crippen LogP contribution in [0.2, 0.25) is 0 Å². The van der Waals surface area contributed by atoms with Crippen molar-refractivity contribution in [3.8, 4) is 11.8 Å². The summed E-state index contributed by atoms with van der Waals surface area (Å²) < 4.78 is 6.43. The quantitative estimate of drug-likeness (QED) is 0.458. The minimum Gasteiger partial charge on any atom is -0.481 e. The molecule has 1 aromatic heterocycles. The SMILES string of the molecule is Cc1cccc(O[C@H](C)C(=O)Nc2nnc(SCc3ccc(C#N)cc3)s2)c1. The molecule has 0 unspecified atom stereocenters. The monoisotopic (exact) mass is 410 g/mol. The van der Waals surface area contributed by atoms with Crippen LogP contribution < -0.4 is 10.1 Å². The molecule has 1 atom stereocenters. The van der Waals surface area contributed by atoms with Crippen molar-refractivity contribution in [1.82, 2.24) is 10.2 Å². The van der Waals surface area contributed by atoms with Gasteiger partial charge < -0.3 is 4.74 Å². The molecule has 8 heteroatoms. The number of ether oxygens (including phenoxy) is 1. The molecule has 0 radical (unpaired) electrons. The van der Waals surface area contributed by atoms with Crippen molar-refractivity contribution in [3.05, 3.63) is 65.2 Å². The third-order valence-corrected chi connectivity index (χ3v) is 5.80. The van der Waals surface area contributed by atoms with Gasteiger partial charge in [0.1, 0.15) is 5.75 Å². The number of thioether (sulfide) groups is 1. The van der Waals surface area contributed by atoms with Crippen LogP contribution in [0.5, 0.6) is 5.75 Å². The fourth-order valence-electron chi connectivity index (χ4n) is 2.29. The molecule has 0 saturated heterocycles. The van der Waals surface area contributed by atoms with Crippen LogP contribution in [0.15, 0.2) is 52.9 Å². The summed E-state index contributed by atoms with van der Waals surface area (Å²) in [7, 11) is 0. The molecule has 0 bridgehead atoms. The van der Waals surface area contributed by atoms with E-state index >= 15 is 0 Å². The Balaban J connectivity index is 1.51. The van der Waals surface area contributed by atoms with Crippen LogP contribution in [0.4, 0.5) is 5.13 Å². The maximum atomic E-state index is 12.3. The summed E-state index contributed by atoms with van der Waals surface area (Å²) in [6.07, 6.45) is -0.652. The molecular formula is C20H18N4O2S2. The first-order valence-corrected chi connectivity index (χ1v) is 10.3. The van der Waals surface area contributed by atoms with Crippen molar-refractivity contribution in [2.45, 2.75) is 30.0 Å². The highest BCUT2D eigenvalue weighted by atomic mass is 32.2. The van der Waals surface area contributed by atoms with Gasteiger partial charge in [-0.1, -0.05) is 47.4 Å². The van der Waals surface area contributed by atoms with Gasteiger partial charge in [-0.25, -0.2) is 0 Å². The normalized spacial score (nSPS) is 11.5. The van der Waals surface area contributed by atoms with E-state index in [2.05, 4.69) is 21.6 Å². The van der Waals surface area contributed by atoms with E-state index < -0.39 is 6.10 Å². The van der Waals surface area contributed by atoms with E-state index in [0.29, 0.717) is 22.2 Å². The Morgan fingerprint density at radius 3 is 2.79 bits per heavy atom. The Bertz CT molecular complexity index is 996. The van der Waals surface area contributed by atoms with Crippen LogP contribution in [0.1, 0.15) is 23.6 Å². The zero-order valence-corrected chi connectivity index (χ0v) is 17.0. The molecule has 0 fully saturated rings. The van der Waals surface area contributed by atoms with Gasteiger partial charge in [-0.15, -0.1) is 10.2 Å². The number of carbonyl (C=O) groups is 1. The molecule has 1 amide bonds. The number of rotatable bonds is 7. The van der Waals surface area contributed by atoms with Crippen molar-refractivity contribution < 1.29 is 9.53 Å². The molecule has 0 spiro atoms. The number of anilines is 1. The minimum atomic E-state index is -0.652. The second kappa shape index (κ2) is 9.35. The zero-order valence-electron chi connectivity index (χ0n) is 15.4. The van der Waals surface area contributed by atoms with E-state index in [-0.39, 0.29) is 5.91 Å². The van der Waals surface area contributed by atoms with Crippen LogP contribution in [-0.4, -0.2) is 22.2 Å². The minimum absolute atomic E-state index is 0.277. The molecular weight excluding hydrogens is 392 g/mol.